The van der Waals surface area contributed by atoms with Gasteiger partial charge in [0.25, 0.3) is 0 Å². The highest BCUT2D eigenvalue weighted by Gasteiger charge is 2.31. The Morgan fingerprint density at radius 2 is 1.95 bits per heavy atom. The SMILES string of the molecule is CN1C(=O)Cc2cc(S(=O)(=O)N3CCC(C#N)CC3)ccc21. The van der Waals surface area contributed by atoms with Crippen molar-refractivity contribution in [2.45, 2.75) is 24.2 Å². The van der Waals surface area contributed by atoms with Crippen molar-refractivity contribution in [3.8, 4) is 6.07 Å². The van der Waals surface area contributed by atoms with Crippen molar-refractivity contribution in [2.24, 2.45) is 5.92 Å². The Hall–Kier alpha value is -1.91. The standard InChI is InChI=1S/C15H17N3O3S/c1-17-14-3-2-13(8-12(14)9-15(17)19)22(20,21)18-6-4-11(10-16)5-7-18/h2-3,8,11H,4-7,9H2,1H3. The number of amides is 1. The second-order valence-electron chi connectivity index (χ2n) is 5.73. The number of anilines is 1. The summed E-state index contributed by atoms with van der Waals surface area (Å²) in [6.07, 6.45) is 1.38. The molecule has 0 saturated carbocycles. The minimum Gasteiger partial charge on any atom is -0.315 e. The Labute approximate surface area is 130 Å². The highest BCUT2D eigenvalue weighted by molar-refractivity contribution is 7.89. The van der Waals surface area contributed by atoms with Crippen LogP contribution < -0.4 is 4.90 Å². The summed E-state index contributed by atoms with van der Waals surface area (Å²) in [4.78, 5) is 13.5. The molecular weight excluding hydrogens is 302 g/mol. The molecule has 7 heteroatoms. The van der Waals surface area contributed by atoms with E-state index >= 15 is 0 Å². The third-order valence-electron chi connectivity index (χ3n) is 4.40. The molecule has 0 N–H and O–H groups in total. The second-order valence-corrected chi connectivity index (χ2v) is 7.67. The fourth-order valence-corrected chi connectivity index (χ4v) is 4.50. The fourth-order valence-electron chi connectivity index (χ4n) is 2.98. The van der Waals surface area contributed by atoms with Crippen LogP contribution >= 0.6 is 0 Å². The molecule has 0 atom stereocenters. The maximum absolute atomic E-state index is 12.7. The number of nitrogens with zero attached hydrogens (tertiary/aromatic N) is 3. The number of nitriles is 1. The molecule has 2 aliphatic rings. The lowest BCUT2D eigenvalue weighted by atomic mass is 10.0. The van der Waals surface area contributed by atoms with Crippen LogP contribution in [0, 0.1) is 17.2 Å². The predicted octanol–water partition coefficient (Wildman–Crippen LogP) is 1.13. The van der Waals surface area contributed by atoms with Crippen molar-refractivity contribution in [1.82, 2.24) is 4.31 Å². The third-order valence-corrected chi connectivity index (χ3v) is 6.30. The number of rotatable bonds is 2. The molecular formula is C15H17N3O3S. The van der Waals surface area contributed by atoms with E-state index in [1.807, 2.05) is 0 Å². The van der Waals surface area contributed by atoms with Crippen LogP contribution in [-0.4, -0.2) is 38.8 Å². The Morgan fingerprint density at radius 3 is 2.59 bits per heavy atom. The van der Waals surface area contributed by atoms with Gasteiger partial charge in [0.1, 0.15) is 0 Å². The Kier molecular flexibility index (Phi) is 3.67. The molecule has 0 radical (unpaired) electrons. The van der Waals surface area contributed by atoms with Crippen LogP contribution in [0.2, 0.25) is 0 Å². The zero-order chi connectivity index (χ0) is 15.9. The monoisotopic (exact) mass is 319 g/mol. The molecule has 1 aromatic carbocycles. The lowest BCUT2D eigenvalue weighted by Gasteiger charge is -2.28. The summed E-state index contributed by atoms with van der Waals surface area (Å²) >= 11 is 0. The summed E-state index contributed by atoms with van der Waals surface area (Å²) < 4.78 is 26.8. The van der Waals surface area contributed by atoms with E-state index in [-0.39, 0.29) is 23.1 Å². The largest absolute Gasteiger partial charge is 0.315 e. The number of fused-ring (bicyclic) bond motifs is 1. The van der Waals surface area contributed by atoms with E-state index in [1.54, 1.807) is 30.1 Å². The van der Waals surface area contributed by atoms with Crippen LogP contribution in [0.5, 0.6) is 0 Å². The first kappa shape index (κ1) is 15.0. The molecule has 1 saturated heterocycles. The van der Waals surface area contributed by atoms with Crippen LogP contribution in [0.15, 0.2) is 23.1 Å². The van der Waals surface area contributed by atoms with Gasteiger partial charge in [0.2, 0.25) is 15.9 Å². The van der Waals surface area contributed by atoms with E-state index in [4.69, 9.17) is 5.26 Å². The van der Waals surface area contributed by atoms with Crippen LogP contribution in [0.3, 0.4) is 0 Å². The molecule has 2 aliphatic heterocycles. The highest BCUT2D eigenvalue weighted by Crippen LogP contribution is 2.31. The molecule has 116 valence electrons. The van der Waals surface area contributed by atoms with Crippen LogP contribution in [0.1, 0.15) is 18.4 Å². The minimum absolute atomic E-state index is 0.0283. The maximum atomic E-state index is 12.7. The van der Waals surface area contributed by atoms with Gasteiger partial charge in [-0.2, -0.15) is 9.57 Å². The Balaban J connectivity index is 1.87. The number of hydrogen-bond acceptors (Lipinski definition) is 4. The minimum atomic E-state index is -3.56. The summed E-state index contributed by atoms with van der Waals surface area (Å²) in [5.74, 6) is -0.0860. The first-order chi connectivity index (χ1) is 10.4. The van der Waals surface area contributed by atoms with Crippen molar-refractivity contribution < 1.29 is 13.2 Å². The molecule has 0 spiro atoms. The van der Waals surface area contributed by atoms with Crippen LogP contribution in [0.25, 0.3) is 0 Å². The summed E-state index contributed by atoms with van der Waals surface area (Å²) in [5, 5.41) is 8.90. The lowest BCUT2D eigenvalue weighted by Crippen LogP contribution is -2.38. The predicted molar refractivity (Wildman–Crippen MR) is 80.7 cm³/mol. The molecule has 6 nitrogen and oxygen atoms in total. The van der Waals surface area contributed by atoms with Gasteiger partial charge in [0.05, 0.1) is 17.4 Å². The molecule has 2 heterocycles. The average molecular weight is 319 g/mol. The molecule has 22 heavy (non-hydrogen) atoms. The summed E-state index contributed by atoms with van der Waals surface area (Å²) in [6, 6.07) is 7.04. The molecule has 1 aromatic rings. The number of carbonyl (C=O) groups is 1. The number of carbonyl (C=O) groups excluding carboxylic acids is 1. The van der Waals surface area contributed by atoms with E-state index in [9.17, 15) is 13.2 Å². The molecule has 3 rings (SSSR count). The van der Waals surface area contributed by atoms with Crippen LogP contribution in [-0.2, 0) is 21.2 Å². The van der Waals surface area contributed by atoms with Gasteiger partial charge >= 0.3 is 0 Å². The van der Waals surface area contributed by atoms with Gasteiger partial charge in [-0.3, -0.25) is 4.79 Å². The van der Waals surface area contributed by atoms with Crippen molar-refractivity contribution in [3.05, 3.63) is 23.8 Å². The zero-order valence-electron chi connectivity index (χ0n) is 12.3. The number of likely N-dealkylation sites (N-methyl/N-ethyl adjacent to an activating group) is 1. The van der Waals surface area contributed by atoms with Gasteiger partial charge < -0.3 is 4.90 Å². The maximum Gasteiger partial charge on any atom is 0.243 e. The topological polar surface area (TPSA) is 81.5 Å². The van der Waals surface area contributed by atoms with E-state index < -0.39 is 10.0 Å². The van der Waals surface area contributed by atoms with Gasteiger partial charge in [0.15, 0.2) is 0 Å². The van der Waals surface area contributed by atoms with Gasteiger partial charge in [-0.25, -0.2) is 8.42 Å². The van der Waals surface area contributed by atoms with Gasteiger partial charge in [0, 0.05) is 31.7 Å². The van der Waals surface area contributed by atoms with E-state index in [1.165, 1.54) is 4.31 Å². The quantitative estimate of drug-likeness (QED) is 0.818. The summed E-state index contributed by atoms with van der Waals surface area (Å²) in [5.41, 5.74) is 1.52. The molecule has 0 unspecified atom stereocenters. The van der Waals surface area contributed by atoms with E-state index in [0.717, 1.165) is 11.3 Å². The Morgan fingerprint density at radius 1 is 1.27 bits per heavy atom. The highest BCUT2D eigenvalue weighted by atomic mass is 32.2. The van der Waals surface area contributed by atoms with Gasteiger partial charge in [-0.1, -0.05) is 0 Å². The number of benzene rings is 1. The molecule has 1 amide bonds. The molecule has 1 fully saturated rings. The second kappa shape index (κ2) is 5.38. The van der Waals surface area contributed by atoms with E-state index in [0.29, 0.717) is 25.9 Å². The zero-order valence-corrected chi connectivity index (χ0v) is 13.1. The van der Waals surface area contributed by atoms with E-state index in [2.05, 4.69) is 6.07 Å². The first-order valence-electron chi connectivity index (χ1n) is 7.22. The molecule has 0 aliphatic carbocycles. The number of sulfonamides is 1. The normalized spacial score (nSPS) is 20.0. The fraction of sp³-hybridized carbons (Fsp3) is 0.467. The van der Waals surface area contributed by atoms with Gasteiger partial charge in [-0.15, -0.1) is 0 Å². The first-order valence-corrected chi connectivity index (χ1v) is 8.67. The lowest BCUT2D eigenvalue weighted by molar-refractivity contribution is -0.117. The molecule has 0 aromatic heterocycles. The van der Waals surface area contributed by atoms with Gasteiger partial charge in [-0.05, 0) is 36.6 Å². The van der Waals surface area contributed by atoms with Crippen molar-refractivity contribution in [1.29, 1.82) is 5.26 Å². The Bertz CT molecular complexity index is 759. The number of piperidine rings is 1. The van der Waals surface area contributed by atoms with Crippen molar-refractivity contribution >= 4 is 21.6 Å². The molecule has 0 bridgehead atoms. The average Bonchev–Trinajstić information content (AvgIpc) is 2.81. The van der Waals surface area contributed by atoms with Crippen LogP contribution in [0.4, 0.5) is 5.69 Å². The van der Waals surface area contributed by atoms with Crippen molar-refractivity contribution in [3.63, 3.8) is 0 Å². The summed E-state index contributed by atoms with van der Waals surface area (Å²) in [6.45, 7) is 0.743. The smallest absolute Gasteiger partial charge is 0.243 e. The number of hydrogen-bond donors (Lipinski definition) is 0. The third kappa shape index (κ3) is 2.38. The van der Waals surface area contributed by atoms with Crippen molar-refractivity contribution in [2.75, 3.05) is 25.0 Å². The summed E-state index contributed by atoms with van der Waals surface area (Å²) in [7, 11) is -1.87.